The highest BCUT2D eigenvalue weighted by atomic mass is 16.2. The minimum Gasteiger partial charge on any atom is -0.339 e. The Bertz CT molecular complexity index is 851. The molecule has 1 aromatic carbocycles. The van der Waals surface area contributed by atoms with Gasteiger partial charge in [0, 0.05) is 38.0 Å². The molecule has 6 nitrogen and oxygen atoms in total. The average molecular weight is 339 g/mol. The van der Waals surface area contributed by atoms with Crippen molar-refractivity contribution in [2.24, 2.45) is 7.05 Å². The van der Waals surface area contributed by atoms with Gasteiger partial charge in [0.05, 0.1) is 11.3 Å². The number of hydrogen-bond acceptors (Lipinski definition) is 3. The lowest BCUT2D eigenvalue weighted by Crippen LogP contribution is -2.36. The molecule has 2 aromatic rings. The van der Waals surface area contributed by atoms with Gasteiger partial charge < -0.3 is 14.8 Å². The van der Waals surface area contributed by atoms with E-state index in [4.69, 9.17) is 0 Å². The molecule has 1 aliphatic heterocycles. The highest BCUT2D eigenvalue weighted by molar-refractivity contribution is 6.08. The molecule has 0 saturated carbocycles. The number of hydrogen-bond donors (Lipinski definition) is 1. The minimum atomic E-state index is -0.406. The molecule has 0 atom stereocenters. The number of likely N-dealkylation sites (tertiary alicyclic amines) is 1. The average Bonchev–Trinajstić information content (AvgIpc) is 2.64. The second-order valence-electron chi connectivity index (χ2n) is 6.22. The van der Waals surface area contributed by atoms with Gasteiger partial charge in [-0.2, -0.15) is 0 Å². The van der Waals surface area contributed by atoms with E-state index in [0.717, 1.165) is 32.4 Å². The van der Waals surface area contributed by atoms with Gasteiger partial charge >= 0.3 is 0 Å². The van der Waals surface area contributed by atoms with Gasteiger partial charge in [0.2, 0.25) is 0 Å². The SMILES string of the molecule is Cn1ccc(C(=O)Nc2ccccc2C(=O)N2CCCCC2)cc1=O. The third-order valence-corrected chi connectivity index (χ3v) is 4.42. The van der Waals surface area contributed by atoms with Crippen molar-refractivity contribution in [3.05, 3.63) is 64.1 Å². The zero-order valence-electron chi connectivity index (χ0n) is 14.2. The van der Waals surface area contributed by atoms with E-state index < -0.39 is 5.91 Å². The number of carbonyl (C=O) groups excluding carboxylic acids is 2. The molecule has 3 rings (SSSR count). The van der Waals surface area contributed by atoms with E-state index in [-0.39, 0.29) is 17.0 Å². The number of pyridine rings is 1. The number of piperidine rings is 1. The highest BCUT2D eigenvalue weighted by Crippen LogP contribution is 2.20. The Hall–Kier alpha value is -2.89. The maximum atomic E-state index is 12.8. The van der Waals surface area contributed by atoms with Gasteiger partial charge in [0.25, 0.3) is 17.4 Å². The van der Waals surface area contributed by atoms with Crippen molar-refractivity contribution in [3.8, 4) is 0 Å². The number of amides is 2. The zero-order valence-corrected chi connectivity index (χ0v) is 14.2. The maximum absolute atomic E-state index is 12.8. The number of benzene rings is 1. The monoisotopic (exact) mass is 339 g/mol. The molecular formula is C19H21N3O3. The molecule has 1 aliphatic rings. The molecule has 0 unspecified atom stereocenters. The molecule has 0 radical (unpaired) electrons. The normalized spacial score (nSPS) is 14.2. The second-order valence-corrected chi connectivity index (χ2v) is 6.22. The predicted molar refractivity (Wildman–Crippen MR) is 95.8 cm³/mol. The van der Waals surface area contributed by atoms with Crippen LogP contribution in [-0.2, 0) is 7.05 Å². The fourth-order valence-corrected chi connectivity index (χ4v) is 2.93. The number of anilines is 1. The van der Waals surface area contributed by atoms with Crippen LogP contribution in [0.15, 0.2) is 47.4 Å². The van der Waals surface area contributed by atoms with Gasteiger partial charge in [0.15, 0.2) is 0 Å². The summed E-state index contributed by atoms with van der Waals surface area (Å²) in [5.74, 6) is -0.476. The third-order valence-electron chi connectivity index (χ3n) is 4.42. The number of nitrogens with one attached hydrogen (secondary N) is 1. The van der Waals surface area contributed by atoms with Gasteiger partial charge in [-0.15, -0.1) is 0 Å². The molecule has 2 heterocycles. The molecule has 1 saturated heterocycles. The summed E-state index contributed by atoms with van der Waals surface area (Å²) in [5, 5.41) is 2.76. The number of aryl methyl sites for hydroxylation is 1. The van der Waals surface area contributed by atoms with Gasteiger partial charge in [0.1, 0.15) is 0 Å². The highest BCUT2D eigenvalue weighted by Gasteiger charge is 2.21. The second kappa shape index (κ2) is 7.34. The molecule has 1 N–H and O–H groups in total. The molecule has 130 valence electrons. The van der Waals surface area contributed by atoms with Gasteiger partial charge in [-0.1, -0.05) is 12.1 Å². The lowest BCUT2D eigenvalue weighted by Gasteiger charge is -2.27. The van der Waals surface area contributed by atoms with E-state index in [1.54, 1.807) is 43.6 Å². The van der Waals surface area contributed by atoms with Gasteiger partial charge in [-0.3, -0.25) is 14.4 Å². The minimum absolute atomic E-state index is 0.0698. The summed E-state index contributed by atoms with van der Waals surface area (Å²) in [4.78, 5) is 38.7. The Morgan fingerprint density at radius 3 is 2.48 bits per heavy atom. The zero-order chi connectivity index (χ0) is 17.8. The molecule has 2 amide bonds. The van der Waals surface area contributed by atoms with Crippen LogP contribution in [0.1, 0.15) is 40.0 Å². The lowest BCUT2D eigenvalue weighted by molar-refractivity contribution is 0.0725. The van der Waals surface area contributed by atoms with Crippen LogP contribution in [0, 0.1) is 0 Å². The maximum Gasteiger partial charge on any atom is 0.255 e. The van der Waals surface area contributed by atoms with E-state index in [9.17, 15) is 14.4 Å². The van der Waals surface area contributed by atoms with E-state index >= 15 is 0 Å². The number of para-hydroxylation sites is 1. The van der Waals surface area contributed by atoms with Crippen LogP contribution in [0.5, 0.6) is 0 Å². The quantitative estimate of drug-likeness (QED) is 0.932. The summed E-state index contributed by atoms with van der Waals surface area (Å²) in [7, 11) is 1.62. The molecule has 0 aliphatic carbocycles. The van der Waals surface area contributed by atoms with Crippen LogP contribution >= 0.6 is 0 Å². The number of nitrogens with zero attached hydrogens (tertiary/aromatic N) is 2. The Kier molecular flexibility index (Phi) is 4.97. The summed E-state index contributed by atoms with van der Waals surface area (Å²) in [5.41, 5.74) is 0.944. The third kappa shape index (κ3) is 3.79. The Morgan fingerprint density at radius 1 is 1.04 bits per heavy atom. The summed E-state index contributed by atoms with van der Waals surface area (Å²) in [6.07, 6.45) is 4.70. The summed E-state index contributed by atoms with van der Waals surface area (Å²) in [6, 6.07) is 9.83. The number of aromatic nitrogens is 1. The fourth-order valence-electron chi connectivity index (χ4n) is 2.93. The van der Waals surface area contributed by atoms with Crippen LogP contribution in [-0.4, -0.2) is 34.4 Å². The van der Waals surface area contributed by atoms with Crippen LogP contribution in [0.4, 0.5) is 5.69 Å². The summed E-state index contributed by atoms with van der Waals surface area (Å²) in [6.45, 7) is 1.49. The molecular weight excluding hydrogens is 318 g/mol. The molecule has 25 heavy (non-hydrogen) atoms. The van der Waals surface area contributed by atoms with Gasteiger partial charge in [-0.25, -0.2) is 0 Å². The molecule has 1 aromatic heterocycles. The van der Waals surface area contributed by atoms with Crippen LogP contribution in [0.2, 0.25) is 0 Å². The van der Waals surface area contributed by atoms with Crippen LogP contribution in [0.3, 0.4) is 0 Å². The largest absolute Gasteiger partial charge is 0.339 e. The van der Waals surface area contributed by atoms with Crippen molar-refractivity contribution in [3.63, 3.8) is 0 Å². The number of rotatable bonds is 3. The first kappa shape index (κ1) is 17.0. The summed E-state index contributed by atoms with van der Waals surface area (Å²) >= 11 is 0. The Labute approximate surface area is 146 Å². The first-order valence-corrected chi connectivity index (χ1v) is 8.42. The van der Waals surface area contributed by atoms with Gasteiger partial charge in [-0.05, 0) is 37.5 Å². The lowest BCUT2D eigenvalue weighted by atomic mass is 10.1. The standard InChI is InChI=1S/C19H21N3O3/c1-21-12-9-14(13-17(21)23)18(24)20-16-8-4-3-7-15(16)19(25)22-10-5-2-6-11-22/h3-4,7-9,12-13H,2,5-6,10-11H2,1H3,(H,20,24). The fraction of sp³-hybridized carbons (Fsp3) is 0.316. The first-order valence-electron chi connectivity index (χ1n) is 8.42. The predicted octanol–water partition coefficient (Wildman–Crippen LogP) is 2.26. The first-order chi connectivity index (χ1) is 12.1. The molecule has 0 spiro atoms. The van der Waals surface area contributed by atoms with E-state index in [1.165, 1.54) is 10.6 Å². The molecule has 1 fully saturated rings. The molecule has 0 bridgehead atoms. The van der Waals surface area contributed by atoms with Crippen molar-refractivity contribution in [2.75, 3.05) is 18.4 Å². The van der Waals surface area contributed by atoms with Crippen LogP contribution in [0.25, 0.3) is 0 Å². The van der Waals surface area contributed by atoms with Crippen LogP contribution < -0.4 is 10.9 Å². The van der Waals surface area contributed by atoms with E-state index in [1.807, 2.05) is 4.90 Å². The van der Waals surface area contributed by atoms with Crippen molar-refractivity contribution >= 4 is 17.5 Å². The van der Waals surface area contributed by atoms with Crippen molar-refractivity contribution < 1.29 is 9.59 Å². The van der Waals surface area contributed by atoms with E-state index in [0.29, 0.717) is 11.3 Å². The van der Waals surface area contributed by atoms with Crippen molar-refractivity contribution in [1.29, 1.82) is 0 Å². The Morgan fingerprint density at radius 2 is 1.76 bits per heavy atom. The van der Waals surface area contributed by atoms with Crippen molar-refractivity contribution in [1.82, 2.24) is 9.47 Å². The Balaban J connectivity index is 1.82. The number of carbonyl (C=O) groups is 2. The topological polar surface area (TPSA) is 71.4 Å². The smallest absolute Gasteiger partial charge is 0.255 e. The molecule has 6 heteroatoms. The van der Waals surface area contributed by atoms with Crippen molar-refractivity contribution in [2.45, 2.75) is 19.3 Å². The van der Waals surface area contributed by atoms with E-state index in [2.05, 4.69) is 5.32 Å². The summed E-state index contributed by atoms with van der Waals surface area (Å²) < 4.78 is 1.39.